The number of morpholine rings is 1. The maximum Gasteiger partial charge on any atom is 0.0954 e. The largest absolute Gasteiger partial charge is 0.371 e. The highest BCUT2D eigenvalue weighted by Crippen LogP contribution is 2.23. The van der Waals surface area contributed by atoms with Gasteiger partial charge in [0.2, 0.25) is 0 Å². The van der Waals surface area contributed by atoms with Gasteiger partial charge in [0.05, 0.1) is 12.7 Å². The summed E-state index contributed by atoms with van der Waals surface area (Å²) in [6.45, 7) is 5.04. The van der Waals surface area contributed by atoms with Crippen LogP contribution in [0.3, 0.4) is 0 Å². The van der Waals surface area contributed by atoms with Crippen molar-refractivity contribution in [3.63, 3.8) is 0 Å². The Kier molecular flexibility index (Phi) is 2.85. The molecule has 1 aromatic rings. The molecule has 0 aliphatic carbocycles. The Morgan fingerprint density at radius 2 is 2.14 bits per heavy atom. The highest BCUT2D eigenvalue weighted by atomic mass is 16.5. The molecular formula is C12H17NO. The number of likely N-dealkylation sites (N-methyl/N-ethyl adjacent to an activating group) is 1. The molecule has 1 atom stereocenters. The second-order valence-corrected chi connectivity index (χ2v) is 3.98. The minimum Gasteiger partial charge on any atom is -0.371 e. The average Bonchev–Trinajstić information content (AvgIpc) is 2.18. The first-order valence-corrected chi connectivity index (χ1v) is 5.13. The Labute approximate surface area is 85.5 Å². The molecule has 0 spiro atoms. The van der Waals surface area contributed by atoms with E-state index < -0.39 is 0 Å². The van der Waals surface area contributed by atoms with Crippen molar-refractivity contribution >= 4 is 0 Å². The Morgan fingerprint density at radius 1 is 1.36 bits per heavy atom. The summed E-state index contributed by atoms with van der Waals surface area (Å²) in [6, 6.07) is 8.47. The molecule has 2 heteroatoms. The summed E-state index contributed by atoms with van der Waals surface area (Å²) in [5.41, 5.74) is 2.66. The van der Waals surface area contributed by atoms with Gasteiger partial charge in [0, 0.05) is 13.1 Å². The van der Waals surface area contributed by atoms with Gasteiger partial charge in [0.15, 0.2) is 0 Å². The molecule has 2 nitrogen and oxygen atoms in total. The van der Waals surface area contributed by atoms with Crippen LogP contribution in [0.2, 0.25) is 0 Å². The first-order chi connectivity index (χ1) is 6.77. The molecule has 1 aliphatic rings. The van der Waals surface area contributed by atoms with Crippen LogP contribution in [-0.2, 0) is 4.74 Å². The fourth-order valence-corrected chi connectivity index (χ4v) is 1.91. The fraction of sp³-hybridized carbons (Fsp3) is 0.500. The van der Waals surface area contributed by atoms with Crippen molar-refractivity contribution in [3.05, 3.63) is 35.4 Å². The molecule has 14 heavy (non-hydrogen) atoms. The van der Waals surface area contributed by atoms with Crippen LogP contribution in [0.5, 0.6) is 0 Å². The smallest absolute Gasteiger partial charge is 0.0954 e. The summed E-state index contributed by atoms with van der Waals surface area (Å²) in [7, 11) is 2.15. The second-order valence-electron chi connectivity index (χ2n) is 3.98. The van der Waals surface area contributed by atoms with Crippen molar-refractivity contribution in [2.45, 2.75) is 13.0 Å². The average molecular weight is 191 g/mol. The van der Waals surface area contributed by atoms with E-state index in [0.717, 1.165) is 19.7 Å². The van der Waals surface area contributed by atoms with Gasteiger partial charge in [0.25, 0.3) is 0 Å². The van der Waals surface area contributed by atoms with E-state index in [9.17, 15) is 0 Å². The van der Waals surface area contributed by atoms with Gasteiger partial charge in [-0.25, -0.2) is 0 Å². The summed E-state index contributed by atoms with van der Waals surface area (Å²) in [5.74, 6) is 0. The third-order valence-corrected chi connectivity index (χ3v) is 2.80. The summed E-state index contributed by atoms with van der Waals surface area (Å²) in [4.78, 5) is 2.32. The molecule has 1 unspecified atom stereocenters. The predicted octanol–water partition coefficient (Wildman–Crippen LogP) is 2.00. The standard InChI is InChI=1S/C12H17NO/c1-10-5-3-4-6-11(10)12-9-13(2)7-8-14-12/h3-6,12H,7-9H2,1-2H3. The van der Waals surface area contributed by atoms with E-state index in [1.165, 1.54) is 11.1 Å². The highest BCUT2D eigenvalue weighted by Gasteiger charge is 2.20. The lowest BCUT2D eigenvalue weighted by atomic mass is 10.0. The number of aryl methyl sites for hydroxylation is 1. The van der Waals surface area contributed by atoms with Crippen LogP contribution in [0.15, 0.2) is 24.3 Å². The molecule has 2 rings (SSSR count). The SMILES string of the molecule is Cc1ccccc1C1CN(C)CCO1. The van der Waals surface area contributed by atoms with E-state index in [1.54, 1.807) is 0 Å². The Bertz CT molecular complexity index is 311. The van der Waals surface area contributed by atoms with Crippen molar-refractivity contribution < 1.29 is 4.74 Å². The second kappa shape index (κ2) is 4.11. The van der Waals surface area contributed by atoms with E-state index in [1.807, 2.05) is 0 Å². The molecule has 0 N–H and O–H groups in total. The van der Waals surface area contributed by atoms with Crippen LogP contribution in [0.4, 0.5) is 0 Å². The molecule has 0 saturated carbocycles. The summed E-state index contributed by atoms with van der Waals surface area (Å²) in [6.07, 6.45) is 0.259. The van der Waals surface area contributed by atoms with E-state index in [-0.39, 0.29) is 6.10 Å². The van der Waals surface area contributed by atoms with Gasteiger partial charge in [-0.05, 0) is 25.1 Å². The van der Waals surface area contributed by atoms with Crippen molar-refractivity contribution in [1.29, 1.82) is 0 Å². The zero-order valence-electron chi connectivity index (χ0n) is 8.86. The third kappa shape index (κ3) is 1.97. The predicted molar refractivity (Wildman–Crippen MR) is 57.4 cm³/mol. The van der Waals surface area contributed by atoms with Crippen molar-refractivity contribution in [3.8, 4) is 0 Å². The van der Waals surface area contributed by atoms with Gasteiger partial charge < -0.3 is 9.64 Å². The highest BCUT2D eigenvalue weighted by molar-refractivity contribution is 5.28. The lowest BCUT2D eigenvalue weighted by Crippen LogP contribution is -2.35. The molecule has 0 aromatic heterocycles. The fourth-order valence-electron chi connectivity index (χ4n) is 1.91. The zero-order chi connectivity index (χ0) is 9.97. The summed E-state index contributed by atoms with van der Waals surface area (Å²) in [5, 5.41) is 0. The van der Waals surface area contributed by atoms with Gasteiger partial charge in [0.1, 0.15) is 0 Å². The monoisotopic (exact) mass is 191 g/mol. The Hall–Kier alpha value is -0.860. The van der Waals surface area contributed by atoms with Gasteiger partial charge in [-0.1, -0.05) is 24.3 Å². The molecule has 1 aromatic carbocycles. The molecule has 0 bridgehead atoms. The number of hydrogen-bond donors (Lipinski definition) is 0. The van der Waals surface area contributed by atoms with Crippen LogP contribution >= 0.6 is 0 Å². The van der Waals surface area contributed by atoms with Crippen molar-refractivity contribution in [1.82, 2.24) is 4.90 Å². The van der Waals surface area contributed by atoms with E-state index >= 15 is 0 Å². The molecule has 0 amide bonds. The molecule has 0 radical (unpaired) electrons. The maximum atomic E-state index is 5.77. The number of hydrogen-bond acceptors (Lipinski definition) is 2. The first kappa shape index (κ1) is 9.69. The van der Waals surface area contributed by atoms with Crippen LogP contribution in [-0.4, -0.2) is 31.6 Å². The van der Waals surface area contributed by atoms with Crippen LogP contribution < -0.4 is 0 Å². The van der Waals surface area contributed by atoms with Crippen molar-refractivity contribution in [2.75, 3.05) is 26.7 Å². The molecule has 1 aliphatic heterocycles. The van der Waals surface area contributed by atoms with Gasteiger partial charge in [-0.2, -0.15) is 0 Å². The van der Waals surface area contributed by atoms with Crippen LogP contribution in [0.1, 0.15) is 17.2 Å². The number of nitrogens with zero attached hydrogens (tertiary/aromatic N) is 1. The maximum absolute atomic E-state index is 5.77. The van der Waals surface area contributed by atoms with Gasteiger partial charge in [-0.15, -0.1) is 0 Å². The quantitative estimate of drug-likeness (QED) is 0.673. The Balaban J connectivity index is 2.18. The third-order valence-electron chi connectivity index (χ3n) is 2.80. The minimum absolute atomic E-state index is 0.259. The lowest BCUT2D eigenvalue weighted by Gasteiger charge is -2.31. The molecule has 76 valence electrons. The number of benzene rings is 1. The first-order valence-electron chi connectivity index (χ1n) is 5.13. The van der Waals surface area contributed by atoms with Crippen LogP contribution in [0, 0.1) is 6.92 Å². The van der Waals surface area contributed by atoms with E-state index in [0.29, 0.717) is 0 Å². The molecular weight excluding hydrogens is 174 g/mol. The number of rotatable bonds is 1. The summed E-state index contributed by atoms with van der Waals surface area (Å²) < 4.78 is 5.77. The lowest BCUT2D eigenvalue weighted by molar-refractivity contribution is -0.0211. The normalized spacial score (nSPS) is 23.7. The topological polar surface area (TPSA) is 12.5 Å². The molecule has 1 fully saturated rings. The zero-order valence-corrected chi connectivity index (χ0v) is 8.86. The van der Waals surface area contributed by atoms with Gasteiger partial charge >= 0.3 is 0 Å². The Morgan fingerprint density at radius 3 is 2.86 bits per heavy atom. The van der Waals surface area contributed by atoms with E-state index in [2.05, 4.69) is 43.1 Å². The summed E-state index contributed by atoms with van der Waals surface area (Å²) >= 11 is 0. The molecule has 1 saturated heterocycles. The number of ether oxygens (including phenoxy) is 1. The minimum atomic E-state index is 0.259. The van der Waals surface area contributed by atoms with E-state index in [4.69, 9.17) is 4.74 Å². The van der Waals surface area contributed by atoms with Crippen molar-refractivity contribution in [2.24, 2.45) is 0 Å². The molecule has 1 heterocycles. The van der Waals surface area contributed by atoms with Gasteiger partial charge in [-0.3, -0.25) is 0 Å². The van der Waals surface area contributed by atoms with Crippen LogP contribution in [0.25, 0.3) is 0 Å².